The Bertz CT molecular complexity index is 776. The average molecular weight is 318 g/mol. The monoisotopic (exact) mass is 318 g/mol. The lowest BCUT2D eigenvalue weighted by molar-refractivity contribution is 0.468. The summed E-state index contributed by atoms with van der Waals surface area (Å²) >= 11 is 0. The summed E-state index contributed by atoms with van der Waals surface area (Å²) in [5.74, 6) is 0.684. The van der Waals surface area contributed by atoms with Gasteiger partial charge in [-0.2, -0.15) is 0 Å². The van der Waals surface area contributed by atoms with E-state index >= 15 is 0 Å². The number of rotatable bonds is 4. The van der Waals surface area contributed by atoms with Gasteiger partial charge in [0.2, 0.25) is 0 Å². The van der Waals surface area contributed by atoms with Crippen LogP contribution < -0.4 is 0 Å². The molecule has 2 N–H and O–H groups in total. The molecule has 3 aromatic carbocycles. The van der Waals surface area contributed by atoms with Crippen LogP contribution in [0.2, 0.25) is 0 Å². The van der Waals surface area contributed by atoms with E-state index in [1.54, 1.807) is 12.1 Å². The van der Waals surface area contributed by atoms with Gasteiger partial charge in [0.05, 0.1) is 0 Å². The van der Waals surface area contributed by atoms with Crippen molar-refractivity contribution in [2.75, 3.05) is 0 Å². The van der Waals surface area contributed by atoms with Gasteiger partial charge in [0, 0.05) is 12.8 Å². The highest BCUT2D eigenvalue weighted by molar-refractivity contribution is 5.42. The van der Waals surface area contributed by atoms with Gasteiger partial charge in [0.15, 0.2) is 0 Å². The van der Waals surface area contributed by atoms with Crippen molar-refractivity contribution in [3.8, 4) is 11.5 Å². The van der Waals surface area contributed by atoms with E-state index in [9.17, 15) is 10.2 Å². The zero-order chi connectivity index (χ0) is 17.1. The van der Waals surface area contributed by atoms with Crippen molar-refractivity contribution >= 4 is 0 Å². The van der Waals surface area contributed by atoms with Gasteiger partial charge in [-0.1, -0.05) is 59.7 Å². The fourth-order valence-corrected chi connectivity index (χ4v) is 2.93. The maximum atomic E-state index is 9.97. The van der Waals surface area contributed by atoms with E-state index in [-0.39, 0.29) is 0 Å². The van der Waals surface area contributed by atoms with Crippen LogP contribution in [0.1, 0.15) is 33.4 Å². The molecule has 24 heavy (non-hydrogen) atoms. The van der Waals surface area contributed by atoms with Crippen molar-refractivity contribution in [1.29, 1.82) is 0 Å². The lowest BCUT2D eigenvalue weighted by atomic mass is 9.98. The molecule has 122 valence electrons. The Balaban J connectivity index is 1.76. The second kappa shape index (κ2) is 6.79. The number of aromatic hydroxyl groups is 2. The molecule has 0 spiro atoms. The van der Waals surface area contributed by atoms with Gasteiger partial charge < -0.3 is 10.2 Å². The van der Waals surface area contributed by atoms with Gasteiger partial charge in [-0.15, -0.1) is 0 Å². The molecule has 0 aliphatic heterocycles. The summed E-state index contributed by atoms with van der Waals surface area (Å²) in [5.41, 5.74) is 6.50. The van der Waals surface area contributed by atoms with Crippen molar-refractivity contribution < 1.29 is 10.2 Å². The zero-order valence-corrected chi connectivity index (χ0v) is 14.1. The summed E-state index contributed by atoms with van der Waals surface area (Å²) in [5, 5.41) is 19.9. The van der Waals surface area contributed by atoms with Gasteiger partial charge in [-0.3, -0.25) is 0 Å². The molecule has 3 aromatic rings. The normalized spacial score (nSPS) is 10.8. The number of benzene rings is 3. The second-order valence-corrected chi connectivity index (χ2v) is 6.43. The molecule has 3 rings (SSSR count). The van der Waals surface area contributed by atoms with E-state index < -0.39 is 0 Å². The molecule has 0 aromatic heterocycles. The first kappa shape index (κ1) is 16.1. The van der Waals surface area contributed by atoms with E-state index in [1.165, 1.54) is 0 Å². The van der Waals surface area contributed by atoms with Crippen molar-refractivity contribution in [3.63, 3.8) is 0 Å². The van der Waals surface area contributed by atoms with Crippen LogP contribution in [0.15, 0.2) is 60.7 Å². The molecule has 0 aliphatic rings. The largest absolute Gasteiger partial charge is 0.508 e. The minimum Gasteiger partial charge on any atom is -0.508 e. The summed E-state index contributed by atoms with van der Waals surface area (Å²) in [6.45, 7) is 4.06. The van der Waals surface area contributed by atoms with Gasteiger partial charge >= 0.3 is 0 Å². The third kappa shape index (κ3) is 3.77. The molecular formula is C22H22O2. The van der Waals surface area contributed by atoms with Crippen LogP contribution in [0.5, 0.6) is 11.5 Å². The molecule has 0 aliphatic carbocycles. The fourth-order valence-electron chi connectivity index (χ4n) is 2.93. The van der Waals surface area contributed by atoms with Gasteiger partial charge in [-0.05, 0) is 48.2 Å². The van der Waals surface area contributed by atoms with Crippen molar-refractivity contribution in [2.45, 2.75) is 26.7 Å². The Morgan fingerprint density at radius 2 is 0.958 bits per heavy atom. The summed E-state index contributed by atoms with van der Waals surface area (Å²) in [7, 11) is 0. The summed E-state index contributed by atoms with van der Waals surface area (Å²) < 4.78 is 0. The first-order chi connectivity index (χ1) is 11.5. The average Bonchev–Trinajstić information content (AvgIpc) is 2.56. The molecule has 0 fully saturated rings. The second-order valence-electron chi connectivity index (χ2n) is 6.43. The van der Waals surface area contributed by atoms with E-state index in [0.717, 1.165) is 33.4 Å². The Hall–Kier alpha value is -2.74. The molecule has 0 bridgehead atoms. The van der Waals surface area contributed by atoms with E-state index in [2.05, 4.69) is 24.3 Å². The van der Waals surface area contributed by atoms with Crippen LogP contribution in [-0.2, 0) is 12.8 Å². The van der Waals surface area contributed by atoms with E-state index in [4.69, 9.17) is 0 Å². The molecular weight excluding hydrogens is 296 g/mol. The molecule has 0 atom stereocenters. The lowest BCUT2D eigenvalue weighted by Gasteiger charge is -2.09. The van der Waals surface area contributed by atoms with Crippen LogP contribution in [-0.4, -0.2) is 10.2 Å². The topological polar surface area (TPSA) is 40.5 Å². The molecule has 0 saturated heterocycles. The molecule has 2 nitrogen and oxygen atoms in total. The van der Waals surface area contributed by atoms with E-state index in [0.29, 0.717) is 24.3 Å². The highest BCUT2D eigenvalue weighted by Crippen LogP contribution is 2.24. The quantitative estimate of drug-likeness (QED) is 0.718. The Labute approximate surface area is 143 Å². The zero-order valence-electron chi connectivity index (χ0n) is 14.1. The van der Waals surface area contributed by atoms with E-state index in [1.807, 2.05) is 38.1 Å². The first-order valence-electron chi connectivity index (χ1n) is 8.16. The van der Waals surface area contributed by atoms with Crippen LogP contribution in [0.25, 0.3) is 0 Å². The fraction of sp³-hybridized carbons (Fsp3) is 0.182. The molecule has 0 radical (unpaired) electrons. The standard InChI is InChI=1S/C22H22O2/c1-15-3-9-21(23)19(11-15)13-17-5-7-18(8-6-17)14-20-12-16(2)4-10-22(20)24/h3-12,23-24H,13-14H2,1-2H3. The highest BCUT2D eigenvalue weighted by atomic mass is 16.3. The van der Waals surface area contributed by atoms with Crippen LogP contribution in [0, 0.1) is 13.8 Å². The van der Waals surface area contributed by atoms with Crippen molar-refractivity contribution in [2.24, 2.45) is 0 Å². The Morgan fingerprint density at radius 1 is 0.583 bits per heavy atom. The number of hydrogen-bond donors (Lipinski definition) is 2. The molecule has 0 heterocycles. The number of aryl methyl sites for hydroxylation is 2. The van der Waals surface area contributed by atoms with Gasteiger partial charge in [-0.25, -0.2) is 0 Å². The predicted molar refractivity (Wildman–Crippen MR) is 97.7 cm³/mol. The lowest BCUT2D eigenvalue weighted by Crippen LogP contribution is -1.93. The van der Waals surface area contributed by atoms with Crippen LogP contribution in [0.4, 0.5) is 0 Å². The van der Waals surface area contributed by atoms with Gasteiger partial charge in [0.1, 0.15) is 11.5 Å². The van der Waals surface area contributed by atoms with Crippen LogP contribution >= 0.6 is 0 Å². The third-order valence-electron chi connectivity index (χ3n) is 4.28. The summed E-state index contributed by atoms with van der Waals surface area (Å²) in [6, 6.07) is 19.7. The predicted octanol–water partition coefficient (Wildman–Crippen LogP) is 4.90. The molecule has 0 saturated carbocycles. The minimum atomic E-state index is 0.342. The SMILES string of the molecule is Cc1ccc(O)c(Cc2ccc(Cc3cc(C)ccc3O)cc2)c1. The maximum Gasteiger partial charge on any atom is 0.119 e. The van der Waals surface area contributed by atoms with Gasteiger partial charge in [0.25, 0.3) is 0 Å². The number of phenolic OH excluding ortho intramolecular Hbond substituents is 2. The first-order valence-corrected chi connectivity index (χ1v) is 8.16. The minimum absolute atomic E-state index is 0.342. The summed E-state index contributed by atoms with van der Waals surface area (Å²) in [6.07, 6.45) is 1.42. The highest BCUT2D eigenvalue weighted by Gasteiger charge is 2.05. The van der Waals surface area contributed by atoms with Crippen molar-refractivity contribution in [1.82, 2.24) is 0 Å². The third-order valence-corrected chi connectivity index (χ3v) is 4.28. The Morgan fingerprint density at radius 3 is 1.33 bits per heavy atom. The smallest absolute Gasteiger partial charge is 0.119 e. The molecule has 0 unspecified atom stereocenters. The number of hydrogen-bond acceptors (Lipinski definition) is 2. The molecule has 2 heteroatoms. The number of phenols is 2. The maximum absolute atomic E-state index is 9.97. The molecule has 0 amide bonds. The summed E-state index contributed by atoms with van der Waals surface area (Å²) in [4.78, 5) is 0. The Kier molecular flexibility index (Phi) is 4.57. The van der Waals surface area contributed by atoms with Crippen molar-refractivity contribution in [3.05, 3.63) is 94.0 Å². The van der Waals surface area contributed by atoms with Crippen LogP contribution in [0.3, 0.4) is 0 Å².